The molecule has 0 aliphatic carbocycles. The highest BCUT2D eigenvalue weighted by atomic mass is 19.2. The summed E-state index contributed by atoms with van der Waals surface area (Å²) in [6.07, 6.45) is 5.45. The number of ether oxygens (including phenoxy) is 1. The summed E-state index contributed by atoms with van der Waals surface area (Å²) in [7, 11) is 0. The zero-order chi connectivity index (χ0) is 27.7. The lowest BCUT2D eigenvalue weighted by atomic mass is 9.98. The van der Waals surface area contributed by atoms with Crippen LogP contribution in [0.15, 0.2) is 66.5 Å². The Labute approximate surface area is 219 Å². The summed E-state index contributed by atoms with van der Waals surface area (Å²) in [5, 5.41) is 0. The fraction of sp³-hybridized carbons (Fsp3) is 0.290. The molecule has 0 amide bonds. The zero-order valence-corrected chi connectivity index (χ0v) is 21.4. The normalized spacial score (nSPS) is 12.2. The third-order valence-corrected chi connectivity index (χ3v) is 6.08. The average molecular weight is 533 g/mol. The van der Waals surface area contributed by atoms with Crippen molar-refractivity contribution in [2.75, 3.05) is 6.61 Å². The van der Waals surface area contributed by atoms with Crippen LogP contribution in [0, 0.1) is 23.3 Å². The number of benzene rings is 3. The minimum Gasteiger partial charge on any atom is -0.488 e. The van der Waals surface area contributed by atoms with Gasteiger partial charge in [-0.25, -0.2) is 26.3 Å². The van der Waals surface area contributed by atoms with Crippen LogP contribution >= 0.6 is 0 Å². The molecule has 202 valence electrons. The molecule has 3 aromatic carbocycles. The first-order valence-corrected chi connectivity index (χ1v) is 12.6. The number of rotatable bonds is 12. The van der Waals surface area contributed by atoms with Gasteiger partial charge in [-0.1, -0.05) is 49.8 Å². The first-order chi connectivity index (χ1) is 18.2. The van der Waals surface area contributed by atoms with E-state index in [0.29, 0.717) is 18.4 Å². The first kappa shape index (κ1) is 29.1. The summed E-state index contributed by atoms with van der Waals surface area (Å²) in [5.41, 5.74) is 0.652. The third kappa shape index (κ3) is 7.53. The average Bonchev–Trinajstić information content (AvgIpc) is 2.89. The SMILES string of the molecule is CC=CCCC(F)=C(F)c1ccc(-c2ccc(CCc3cc(F)c(OCCCC)c(F)c3)c(F)c2)c(F)c1. The molecule has 0 heterocycles. The van der Waals surface area contributed by atoms with Crippen molar-refractivity contribution in [3.05, 3.63) is 106 Å². The molecule has 0 N–H and O–H groups in total. The van der Waals surface area contributed by atoms with Gasteiger partial charge in [0.15, 0.2) is 23.2 Å². The highest BCUT2D eigenvalue weighted by Crippen LogP contribution is 2.31. The van der Waals surface area contributed by atoms with Gasteiger partial charge in [-0.15, -0.1) is 0 Å². The van der Waals surface area contributed by atoms with E-state index in [1.165, 1.54) is 36.4 Å². The summed E-state index contributed by atoms with van der Waals surface area (Å²) in [5.74, 6) is -5.58. The molecule has 0 unspecified atom stereocenters. The monoisotopic (exact) mass is 532 g/mol. The topological polar surface area (TPSA) is 9.23 Å². The third-order valence-electron chi connectivity index (χ3n) is 6.08. The van der Waals surface area contributed by atoms with E-state index in [9.17, 15) is 26.3 Å². The maximum Gasteiger partial charge on any atom is 0.190 e. The van der Waals surface area contributed by atoms with E-state index in [-0.39, 0.29) is 48.1 Å². The van der Waals surface area contributed by atoms with Crippen molar-refractivity contribution in [2.24, 2.45) is 0 Å². The second kappa shape index (κ2) is 13.9. The lowest BCUT2D eigenvalue weighted by Gasteiger charge is -2.11. The molecule has 38 heavy (non-hydrogen) atoms. The molecule has 0 spiro atoms. The molecule has 0 saturated heterocycles. The van der Waals surface area contributed by atoms with E-state index in [4.69, 9.17) is 4.74 Å². The summed E-state index contributed by atoms with van der Waals surface area (Å²) in [6.45, 7) is 3.92. The van der Waals surface area contributed by atoms with Gasteiger partial charge in [0.2, 0.25) is 0 Å². The fourth-order valence-electron chi connectivity index (χ4n) is 3.94. The van der Waals surface area contributed by atoms with Crippen molar-refractivity contribution in [1.29, 1.82) is 0 Å². The molecular formula is C31H30F6O. The highest BCUT2D eigenvalue weighted by molar-refractivity contribution is 5.69. The van der Waals surface area contributed by atoms with Crippen LogP contribution in [-0.4, -0.2) is 6.61 Å². The number of aryl methyl sites for hydroxylation is 2. The minimum absolute atomic E-state index is 0.0316. The van der Waals surface area contributed by atoms with Crippen LogP contribution < -0.4 is 4.74 Å². The van der Waals surface area contributed by atoms with Gasteiger partial charge in [0.05, 0.1) is 6.61 Å². The fourth-order valence-corrected chi connectivity index (χ4v) is 3.94. The van der Waals surface area contributed by atoms with Crippen LogP contribution in [0.25, 0.3) is 17.0 Å². The minimum atomic E-state index is -1.13. The number of unbranched alkanes of at least 4 members (excludes halogenated alkanes) is 1. The molecule has 3 rings (SSSR count). The maximum atomic E-state index is 14.8. The van der Waals surface area contributed by atoms with E-state index in [2.05, 4.69) is 0 Å². The summed E-state index contributed by atoms with van der Waals surface area (Å²) < 4.78 is 91.7. The van der Waals surface area contributed by atoms with Crippen LogP contribution in [0.5, 0.6) is 5.75 Å². The van der Waals surface area contributed by atoms with Crippen molar-refractivity contribution >= 4 is 5.83 Å². The van der Waals surface area contributed by atoms with Gasteiger partial charge < -0.3 is 4.74 Å². The Balaban J connectivity index is 1.71. The molecule has 3 aromatic rings. The lowest BCUT2D eigenvalue weighted by molar-refractivity contribution is 0.278. The molecule has 7 heteroatoms. The number of allylic oxidation sites excluding steroid dienone is 3. The van der Waals surface area contributed by atoms with Gasteiger partial charge in [0.1, 0.15) is 17.5 Å². The Morgan fingerprint density at radius 1 is 0.842 bits per heavy atom. The molecule has 0 bridgehead atoms. The summed E-state index contributed by atoms with van der Waals surface area (Å²) in [6, 6.07) is 9.85. The number of halogens is 6. The van der Waals surface area contributed by atoms with Gasteiger partial charge in [0, 0.05) is 17.5 Å². The Hall–Kier alpha value is -3.48. The molecule has 0 radical (unpaired) electrons. The van der Waals surface area contributed by atoms with E-state index in [1.54, 1.807) is 19.1 Å². The predicted molar refractivity (Wildman–Crippen MR) is 139 cm³/mol. The standard InChI is InChI=1S/C31H30F6O/c1-3-5-7-8-25(32)30(37)23-13-14-24(27(34)19-23)22-12-11-21(26(33)18-22)10-9-20-16-28(35)31(29(36)17-20)38-15-6-4-2/h3,5,11-14,16-19H,4,6-10,15H2,1-2H3. The molecule has 0 saturated carbocycles. The van der Waals surface area contributed by atoms with E-state index in [1.807, 2.05) is 6.92 Å². The van der Waals surface area contributed by atoms with Crippen molar-refractivity contribution in [3.63, 3.8) is 0 Å². The van der Waals surface area contributed by atoms with E-state index >= 15 is 0 Å². The summed E-state index contributed by atoms with van der Waals surface area (Å²) >= 11 is 0. The number of hydrogen-bond donors (Lipinski definition) is 0. The van der Waals surface area contributed by atoms with Crippen LogP contribution in [-0.2, 0) is 12.8 Å². The van der Waals surface area contributed by atoms with Gasteiger partial charge in [-0.3, -0.25) is 0 Å². The Kier molecular flexibility index (Phi) is 10.6. The molecule has 0 atom stereocenters. The second-order valence-corrected chi connectivity index (χ2v) is 8.92. The molecule has 1 nitrogen and oxygen atoms in total. The van der Waals surface area contributed by atoms with Gasteiger partial charge in [-0.05, 0) is 73.6 Å². The first-order valence-electron chi connectivity index (χ1n) is 12.6. The smallest absolute Gasteiger partial charge is 0.190 e. The van der Waals surface area contributed by atoms with Gasteiger partial charge in [0.25, 0.3) is 0 Å². The Morgan fingerprint density at radius 2 is 1.58 bits per heavy atom. The van der Waals surface area contributed by atoms with Crippen LogP contribution in [0.1, 0.15) is 56.2 Å². The van der Waals surface area contributed by atoms with Crippen LogP contribution in [0.2, 0.25) is 0 Å². The highest BCUT2D eigenvalue weighted by Gasteiger charge is 2.16. The van der Waals surface area contributed by atoms with Gasteiger partial charge in [-0.2, -0.15) is 0 Å². The molecule has 0 aliphatic heterocycles. The Morgan fingerprint density at radius 3 is 2.21 bits per heavy atom. The predicted octanol–water partition coefficient (Wildman–Crippen LogP) is 9.84. The van der Waals surface area contributed by atoms with Crippen molar-refractivity contribution < 1.29 is 31.1 Å². The largest absolute Gasteiger partial charge is 0.488 e. The molecule has 0 fully saturated rings. The summed E-state index contributed by atoms with van der Waals surface area (Å²) in [4.78, 5) is 0. The number of hydrogen-bond acceptors (Lipinski definition) is 1. The van der Waals surface area contributed by atoms with Crippen molar-refractivity contribution in [1.82, 2.24) is 0 Å². The Bertz CT molecular complexity index is 1290. The van der Waals surface area contributed by atoms with E-state index < -0.39 is 40.7 Å². The zero-order valence-electron chi connectivity index (χ0n) is 21.4. The quantitative estimate of drug-likeness (QED) is 0.128. The molecule has 0 aliphatic rings. The van der Waals surface area contributed by atoms with Crippen molar-refractivity contribution in [3.8, 4) is 16.9 Å². The lowest BCUT2D eigenvalue weighted by Crippen LogP contribution is -2.03. The van der Waals surface area contributed by atoms with Crippen LogP contribution in [0.3, 0.4) is 0 Å². The maximum absolute atomic E-state index is 14.8. The second-order valence-electron chi connectivity index (χ2n) is 8.92. The van der Waals surface area contributed by atoms with Crippen molar-refractivity contribution in [2.45, 2.75) is 52.4 Å². The van der Waals surface area contributed by atoms with Gasteiger partial charge >= 0.3 is 0 Å². The van der Waals surface area contributed by atoms with Crippen LogP contribution in [0.4, 0.5) is 26.3 Å². The molecule has 0 aromatic heterocycles. The van der Waals surface area contributed by atoms with E-state index in [0.717, 1.165) is 18.6 Å². The molecular weight excluding hydrogens is 502 g/mol.